The number of rotatable bonds is 7. The van der Waals surface area contributed by atoms with E-state index >= 15 is 0 Å². The monoisotopic (exact) mass is 370 g/mol. The summed E-state index contributed by atoms with van der Waals surface area (Å²) >= 11 is 6.06. The van der Waals surface area contributed by atoms with Crippen LogP contribution in [0.2, 0.25) is 5.02 Å². The second kappa shape index (κ2) is 8.49. The van der Waals surface area contributed by atoms with Gasteiger partial charge in [-0.1, -0.05) is 48.9 Å². The van der Waals surface area contributed by atoms with Crippen LogP contribution in [0.5, 0.6) is 5.75 Å². The average molecular weight is 371 g/mol. The van der Waals surface area contributed by atoms with Crippen molar-refractivity contribution in [2.45, 2.75) is 19.4 Å². The summed E-state index contributed by atoms with van der Waals surface area (Å²) in [6.07, 6.45) is 3.88. The Bertz CT molecular complexity index is 853. The summed E-state index contributed by atoms with van der Waals surface area (Å²) in [5.41, 5.74) is 1.74. The number of aromatic nitrogens is 3. The number of nitrogens with one attached hydrogen (secondary N) is 1. The molecule has 0 saturated heterocycles. The molecule has 26 heavy (non-hydrogen) atoms. The molecule has 0 fully saturated rings. The van der Waals surface area contributed by atoms with Gasteiger partial charge in [0.1, 0.15) is 18.4 Å². The second-order valence-corrected chi connectivity index (χ2v) is 6.15. The third kappa shape index (κ3) is 4.40. The summed E-state index contributed by atoms with van der Waals surface area (Å²) in [6.45, 7) is 1.93. The molecule has 0 saturated carbocycles. The van der Waals surface area contributed by atoms with Gasteiger partial charge in [0.05, 0.1) is 11.7 Å². The van der Waals surface area contributed by atoms with Crippen LogP contribution in [0.3, 0.4) is 0 Å². The fourth-order valence-electron chi connectivity index (χ4n) is 2.63. The minimum absolute atomic E-state index is 0.0464. The molecule has 0 bridgehead atoms. The Morgan fingerprint density at radius 1 is 1.19 bits per heavy atom. The van der Waals surface area contributed by atoms with Gasteiger partial charge in [-0.05, 0) is 30.2 Å². The lowest BCUT2D eigenvalue weighted by Gasteiger charge is -2.18. The average Bonchev–Trinajstić information content (AvgIpc) is 3.20. The maximum atomic E-state index is 12.3. The highest BCUT2D eigenvalue weighted by molar-refractivity contribution is 6.30. The lowest BCUT2D eigenvalue weighted by molar-refractivity contribution is -0.123. The summed E-state index contributed by atoms with van der Waals surface area (Å²) < 4.78 is 7.39. The predicted octanol–water partition coefficient (Wildman–Crippen LogP) is 3.57. The van der Waals surface area contributed by atoms with Crippen molar-refractivity contribution in [3.05, 3.63) is 71.8 Å². The topological polar surface area (TPSA) is 69.0 Å². The standard InChI is InChI=1S/C19H19ClN4O2/c1-2-16(14-6-4-3-5-7-14)23-19(25)11-26-18-9-8-15(20)10-17(18)24-12-21-22-13-24/h3-10,12-13,16H,2,11H2,1H3,(H,23,25)/t16-/m1/s1. The molecular weight excluding hydrogens is 352 g/mol. The van der Waals surface area contributed by atoms with Gasteiger partial charge in [-0.2, -0.15) is 0 Å². The third-order valence-corrected chi connectivity index (χ3v) is 4.16. The molecule has 1 heterocycles. The van der Waals surface area contributed by atoms with E-state index in [1.807, 2.05) is 37.3 Å². The van der Waals surface area contributed by atoms with Gasteiger partial charge < -0.3 is 10.1 Å². The Hall–Kier alpha value is -2.86. The molecule has 1 atom stereocenters. The van der Waals surface area contributed by atoms with Gasteiger partial charge in [0.2, 0.25) is 0 Å². The minimum atomic E-state index is -0.189. The number of halogens is 1. The first kappa shape index (κ1) is 17.9. The normalized spacial score (nSPS) is 11.8. The Kier molecular flexibility index (Phi) is 5.86. The molecule has 3 rings (SSSR count). The fourth-order valence-corrected chi connectivity index (χ4v) is 2.79. The van der Waals surface area contributed by atoms with Crippen LogP contribution in [-0.4, -0.2) is 27.3 Å². The van der Waals surface area contributed by atoms with E-state index in [0.717, 1.165) is 12.0 Å². The lowest BCUT2D eigenvalue weighted by atomic mass is 10.0. The summed E-state index contributed by atoms with van der Waals surface area (Å²) in [4.78, 5) is 12.3. The van der Waals surface area contributed by atoms with Crippen molar-refractivity contribution < 1.29 is 9.53 Å². The number of hydrogen-bond donors (Lipinski definition) is 1. The van der Waals surface area contributed by atoms with E-state index in [1.54, 1.807) is 35.4 Å². The van der Waals surface area contributed by atoms with E-state index < -0.39 is 0 Å². The van der Waals surface area contributed by atoms with E-state index in [0.29, 0.717) is 16.5 Å². The first-order chi connectivity index (χ1) is 12.7. The van der Waals surface area contributed by atoms with Crippen molar-refractivity contribution >= 4 is 17.5 Å². The molecule has 0 spiro atoms. The van der Waals surface area contributed by atoms with Gasteiger partial charge in [0.15, 0.2) is 6.61 Å². The van der Waals surface area contributed by atoms with Gasteiger partial charge in [0, 0.05) is 5.02 Å². The Morgan fingerprint density at radius 3 is 2.62 bits per heavy atom. The van der Waals surface area contributed by atoms with Crippen molar-refractivity contribution in [3.63, 3.8) is 0 Å². The van der Waals surface area contributed by atoms with Gasteiger partial charge in [-0.25, -0.2) is 0 Å². The largest absolute Gasteiger partial charge is 0.482 e. The van der Waals surface area contributed by atoms with Crippen LogP contribution in [0, 0.1) is 0 Å². The molecule has 134 valence electrons. The second-order valence-electron chi connectivity index (χ2n) is 5.71. The maximum Gasteiger partial charge on any atom is 0.258 e. The SMILES string of the molecule is CC[C@@H](NC(=O)COc1ccc(Cl)cc1-n1cnnc1)c1ccccc1. The molecular formula is C19H19ClN4O2. The molecule has 0 aliphatic carbocycles. The molecule has 0 radical (unpaired) electrons. The van der Waals surface area contributed by atoms with Crippen LogP contribution in [-0.2, 0) is 4.79 Å². The van der Waals surface area contributed by atoms with Gasteiger partial charge in [0.25, 0.3) is 5.91 Å². The van der Waals surface area contributed by atoms with Gasteiger partial charge >= 0.3 is 0 Å². The molecule has 0 unspecified atom stereocenters. The van der Waals surface area contributed by atoms with E-state index in [1.165, 1.54) is 0 Å². The smallest absolute Gasteiger partial charge is 0.258 e. The summed E-state index contributed by atoms with van der Waals surface area (Å²) in [7, 11) is 0. The first-order valence-corrected chi connectivity index (χ1v) is 8.67. The van der Waals surface area contributed by atoms with Crippen molar-refractivity contribution in [1.82, 2.24) is 20.1 Å². The van der Waals surface area contributed by atoms with Crippen LogP contribution < -0.4 is 10.1 Å². The number of carbonyl (C=O) groups excluding carboxylic acids is 1. The van der Waals surface area contributed by atoms with Crippen LogP contribution >= 0.6 is 11.6 Å². The zero-order chi connectivity index (χ0) is 18.4. The van der Waals surface area contributed by atoms with Gasteiger partial charge in [-0.3, -0.25) is 9.36 Å². The molecule has 6 nitrogen and oxygen atoms in total. The number of benzene rings is 2. The number of carbonyl (C=O) groups is 1. The van der Waals surface area contributed by atoms with E-state index in [4.69, 9.17) is 16.3 Å². The highest BCUT2D eigenvalue weighted by Gasteiger charge is 2.14. The Labute approximate surface area is 156 Å². The van der Waals surface area contributed by atoms with Crippen LogP contribution in [0.15, 0.2) is 61.2 Å². The quantitative estimate of drug-likeness (QED) is 0.690. The third-order valence-electron chi connectivity index (χ3n) is 3.92. The van der Waals surface area contributed by atoms with E-state index in [2.05, 4.69) is 15.5 Å². The highest BCUT2D eigenvalue weighted by atomic mass is 35.5. The Balaban J connectivity index is 1.66. The molecule has 0 aliphatic rings. The first-order valence-electron chi connectivity index (χ1n) is 8.29. The highest BCUT2D eigenvalue weighted by Crippen LogP contribution is 2.26. The van der Waals surface area contributed by atoms with Crippen LogP contribution in [0.1, 0.15) is 24.9 Å². The number of ether oxygens (including phenoxy) is 1. The Morgan fingerprint density at radius 2 is 1.92 bits per heavy atom. The lowest BCUT2D eigenvalue weighted by Crippen LogP contribution is -2.32. The van der Waals surface area contributed by atoms with E-state index in [-0.39, 0.29) is 18.6 Å². The van der Waals surface area contributed by atoms with Crippen molar-refractivity contribution in [2.75, 3.05) is 6.61 Å². The molecule has 3 aromatic rings. The van der Waals surface area contributed by atoms with Crippen molar-refractivity contribution in [2.24, 2.45) is 0 Å². The number of hydrogen-bond acceptors (Lipinski definition) is 4. The fraction of sp³-hybridized carbons (Fsp3) is 0.211. The van der Waals surface area contributed by atoms with Gasteiger partial charge in [-0.15, -0.1) is 10.2 Å². The molecule has 1 N–H and O–H groups in total. The summed E-state index contributed by atoms with van der Waals surface area (Å²) in [5.74, 6) is 0.336. The zero-order valence-corrected chi connectivity index (χ0v) is 15.1. The van der Waals surface area contributed by atoms with Crippen molar-refractivity contribution in [3.8, 4) is 11.4 Å². The predicted molar refractivity (Wildman–Crippen MR) is 99.5 cm³/mol. The maximum absolute atomic E-state index is 12.3. The van der Waals surface area contributed by atoms with Crippen molar-refractivity contribution in [1.29, 1.82) is 0 Å². The molecule has 1 amide bonds. The number of nitrogens with zero attached hydrogens (tertiary/aromatic N) is 3. The summed E-state index contributed by atoms with van der Waals surface area (Å²) in [6, 6.07) is 15.0. The molecule has 7 heteroatoms. The summed E-state index contributed by atoms with van der Waals surface area (Å²) in [5, 5.41) is 11.1. The van der Waals surface area contributed by atoms with Crippen LogP contribution in [0.4, 0.5) is 0 Å². The molecule has 0 aliphatic heterocycles. The molecule has 1 aromatic heterocycles. The van der Waals surface area contributed by atoms with E-state index in [9.17, 15) is 4.79 Å². The van der Waals surface area contributed by atoms with Crippen LogP contribution in [0.25, 0.3) is 5.69 Å². The minimum Gasteiger partial charge on any atom is -0.482 e. The number of amides is 1. The molecule has 2 aromatic carbocycles. The zero-order valence-electron chi connectivity index (χ0n) is 14.3.